The van der Waals surface area contributed by atoms with Crippen LogP contribution in [0.3, 0.4) is 0 Å². The monoisotopic (exact) mass is 233 g/mol. The number of hydrogen-bond acceptors (Lipinski definition) is 1. The van der Waals surface area contributed by atoms with Crippen LogP contribution in [0.25, 0.3) is 0 Å². The van der Waals surface area contributed by atoms with Crippen LogP contribution >= 0.6 is 0 Å². The lowest BCUT2D eigenvalue weighted by Gasteiger charge is -2.29. The molecular weight excluding hydrogens is 206 g/mol. The van der Waals surface area contributed by atoms with Gasteiger partial charge in [-0.2, -0.15) is 0 Å². The van der Waals surface area contributed by atoms with E-state index in [4.69, 9.17) is 12.2 Å². The molecule has 1 unspecified atom stereocenters. The molecule has 0 aromatic rings. The predicted molar refractivity (Wildman–Crippen MR) is 77.3 cm³/mol. The fraction of sp³-hybridized carbons (Fsp3) is 0.625. The number of allylic oxidation sites excluding steroid dienone is 3. The van der Waals surface area contributed by atoms with Crippen molar-refractivity contribution >= 4 is 0 Å². The van der Waals surface area contributed by atoms with Gasteiger partial charge in [0.25, 0.3) is 0 Å². The highest BCUT2D eigenvalue weighted by molar-refractivity contribution is 5.22. The molecule has 2 N–H and O–H groups in total. The average Bonchev–Trinajstić information content (AvgIpc) is 2.20. The van der Waals surface area contributed by atoms with Crippen molar-refractivity contribution in [3.63, 3.8) is 0 Å². The van der Waals surface area contributed by atoms with E-state index in [9.17, 15) is 0 Å². The van der Waals surface area contributed by atoms with Gasteiger partial charge in [-0.05, 0) is 35.4 Å². The van der Waals surface area contributed by atoms with Gasteiger partial charge in [0.1, 0.15) is 0 Å². The maximum absolute atomic E-state index is 5.75. The first-order valence-electron chi connectivity index (χ1n) is 6.33. The van der Waals surface area contributed by atoms with Gasteiger partial charge in [-0.3, -0.25) is 0 Å². The molecule has 0 aliphatic heterocycles. The van der Waals surface area contributed by atoms with Crippen LogP contribution in [0.4, 0.5) is 0 Å². The highest BCUT2D eigenvalue weighted by Crippen LogP contribution is 2.33. The fourth-order valence-corrected chi connectivity index (χ4v) is 1.96. The second-order valence-corrected chi connectivity index (χ2v) is 6.09. The van der Waals surface area contributed by atoms with Gasteiger partial charge in [0.05, 0.1) is 0 Å². The van der Waals surface area contributed by atoms with E-state index in [2.05, 4.69) is 46.6 Å². The third-order valence-electron chi connectivity index (χ3n) is 2.80. The lowest BCUT2D eigenvalue weighted by atomic mass is 9.76. The summed E-state index contributed by atoms with van der Waals surface area (Å²) in [7, 11) is 0. The lowest BCUT2D eigenvalue weighted by Crippen LogP contribution is -2.20. The molecule has 0 aliphatic rings. The zero-order chi connectivity index (χ0) is 13.5. The van der Waals surface area contributed by atoms with Crippen LogP contribution in [0.2, 0.25) is 0 Å². The van der Waals surface area contributed by atoms with Gasteiger partial charge in [-0.15, -0.1) is 12.3 Å². The van der Waals surface area contributed by atoms with Crippen LogP contribution in [0.5, 0.6) is 0 Å². The van der Waals surface area contributed by atoms with Crippen molar-refractivity contribution in [3.8, 4) is 12.3 Å². The van der Waals surface area contributed by atoms with E-state index in [1.54, 1.807) is 6.20 Å². The number of rotatable bonds is 5. The molecule has 0 heterocycles. The van der Waals surface area contributed by atoms with Crippen molar-refractivity contribution in [2.45, 2.75) is 47.5 Å². The van der Waals surface area contributed by atoms with Gasteiger partial charge in [0.2, 0.25) is 0 Å². The average molecular weight is 233 g/mol. The van der Waals surface area contributed by atoms with Gasteiger partial charge in [0, 0.05) is 6.42 Å². The van der Waals surface area contributed by atoms with E-state index in [-0.39, 0.29) is 0 Å². The summed E-state index contributed by atoms with van der Waals surface area (Å²) >= 11 is 0. The quantitative estimate of drug-likeness (QED) is 0.561. The SMILES string of the molecule is C#CC/C=C\C(=C/N)C(CC(C)(C)C)C(C)C. The number of nitrogens with two attached hydrogens (primary N) is 1. The zero-order valence-corrected chi connectivity index (χ0v) is 12.0. The molecule has 0 aromatic carbocycles. The summed E-state index contributed by atoms with van der Waals surface area (Å²) in [5, 5.41) is 0. The van der Waals surface area contributed by atoms with Gasteiger partial charge >= 0.3 is 0 Å². The van der Waals surface area contributed by atoms with Crippen molar-refractivity contribution in [1.82, 2.24) is 0 Å². The molecule has 0 saturated carbocycles. The number of hydrogen-bond donors (Lipinski definition) is 1. The Balaban J connectivity index is 4.85. The highest BCUT2D eigenvalue weighted by atomic mass is 14.5. The molecule has 17 heavy (non-hydrogen) atoms. The van der Waals surface area contributed by atoms with Gasteiger partial charge < -0.3 is 5.73 Å². The van der Waals surface area contributed by atoms with Crippen LogP contribution in [-0.4, -0.2) is 0 Å². The molecule has 0 bridgehead atoms. The summed E-state index contributed by atoms with van der Waals surface area (Å²) in [6.45, 7) is 11.3. The standard InChI is InChI=1S/C16H27N/c1-7-8-9-10-14(12-17)15(13(2)3)11-16(4,5)6/h1,9-10,12-13,15H,8,11,17H2,2-6H3/b10-9-,14-12+. The van der Waals surface area contributed by atoms with Crippen molar-refractivity contribution in [1.29, 1.82) is 0 Å². The van der Waals surface area contributed by atoms with Crippen molar-refractivity contribution < 1.29 is 0 Å². The molecule has 1 atom stereocenters. The van der Waals surface area contributed by atoms with Crippen LogP contribution in [0.1, 0.15) is 47.5 Å². The Morgan fingerprint density at radius 1 is 1.35 bits per heavy atom. The Morgan fingerprint density at radius 3 is 2.29 bits per heavy atom. The maximum atomic E-state index is 5.75. The Hall–Kier alpha value is -1.16. The van der Waals surface area contributed by atoms with E-state index in [0.717, 1.165) is 6.42 Å². The lowest BCUT2D eigenvalue weighted by molar-refractivity contribution is 0.275. The molecule has 0 spiro atoms. The maximum Gasteiger partial charge on any atom is 0.0270 e. The predicted octanol–water partition coefficient (Wildman–Crippen LogP) is 4.12. The summed E-state index contributed by atoms with van der Waals surface area (Å²) in [6.07, 6.45) is 12.9. The first kappa shape index (κ1) is 15.8. The van der Waals surface area contributed by atoms with Gasteiger partial charge in [-0.25, -0.2) is 0 Å². The second kappa shape index (κ2) is 7.22. The summed E-state index contributed by atoms with van der Waals surface area (Å²) in [6, 6.07) is 0. The van der Waals surface area contributed by atoms with Crippen LogP contribution < -0.4 is 5.73 Å². The summed E-state index contributed by atoms with van der Waals surface area (Å²) < 4.78 is 0. The highest BCUT2D eigenvalue weighted by Gasteiger charge is 2.23. The second-order valence-electron chi connectivity index (χ2n) is 6.09. The molecule has 1 nitrogen and oxygen atoms in total. The largest absolute Gasteiger partial charge is 0.404 e. The summed E-state index contributed by atoms with van der Waals surface area (Å²) in [5.41, 5.74) is 7.26. The first-order chi connectivity index (χ1) is 7.81. The summed E-state index contributed by atoms with van der Waals surface area (Å²) in [4.78, 5) is 0. The Bertz CT molecular complexity index is 307. The van der Waals surface area contributed by atoms with Crippen LogP contribution in [0.15, 0.2) is 23.9 Å². The smallest absolute Gasteiger partial charge is 0.0270 e. The first-order valence-corrected chi connectivity index (χ1v) is 6.33. The van der Waals surface area contributed by atoms with E-state index in [0.29, 0.717) is 23.7 Å². The third kappa shape index (κ3) is 6.89. The zero-order valence-electron chi connectivity index (χ0n) is 12.0. The van der Waals surface area contributed by atoms with Crippen molar-refractivity contribution in [2.75, 3.05) is 0 Å². The molecule has 0 fully saturated rings. The molecular formula is C16H27N. The fourth-order valence-electron chi connectivity index (χ4n) is 1.96. The number of terminal acetylenes is 1. The van der Waals surface area contributed by atoms with Crippen molar-refractivity contribution in [3.05, 3.63) is 23.9 Å². The van der Waals surface area contributed by atoms with E-state index < -0.39 is 0 Å². The molecule has 0 aliphatic carbocycles. The molecule has 0 amide bonds. The van der Waals surface area contributed by atoms with Crippen LogP contribution in [0, 0.1) is 29.6 Å². The van der Waals surface area contributed by atoms with Crippen LogP contribution in [-0.2, 0) is 0 Å². The molecule has 0 radical (unpaired) electrons. The van der Waals surface area contributed by atoms with Crippen molar-refractivity contribution in [2.24, 2.45) is 23.0 Å². The normalized spacial score (nSPS) is 15.2. The molecule has 1 heteroatoms. The van der Waals surface area contributed by atoms with E-state index in [1.165, 1.54) is 5.57 Å². The van der Waals surface area contributed by atoms with Gasteiger partial charge in [-0.1, -0.05) is 46.8 Å². The molecule has 96 valence electrons. The minimum Gasteiger partial charge on any atom is -0.404 e. The minimum absolute atomic E-state index is 0.309. The van der Waals surface area contributed by atoms with E-state index >= 15 is 0 Å². The summed E-state index contributed by atoms with van der Waals surface area (Å²) in [5.74, 6) is 3.69. The Kier molecular flexibility index (Phi) is 6.73. The molecule has 0 aromatic heterocycles. The minimum atomic E-state index is 0.309. The van der Waals surface area contributed by atoms with E-state index in [1.807, 2.05) is 6.08 Å². The molecule has 0 saturated heterocycles. The Labute approximate surface area is 107 Å². The Morgan fingerprint density at radius 2 is 1.94 bits per heavy atom. The molecule has 0 rings (SSSR count). The third-order valence-corrected chi connectivity index (χ3v) is 2.80. The van der Waals surface area contributed by atoms with Gasteiger partial charge in [0.15, 0.2) is 0 Å². The topological polar surface area (TPSA) is 26.0 Å².